The first-order valence-corrected chi connectivity index (χ1v) is 11.1. The number of nitrogens with one attached hydrogen (secondary N) is 1. The number of ether oxygens (including phenoxy) is 5. The molecule has 16 nitrogen and oxygen atoms in total. The van der Waals surface area contributed by atoms with Crippen LogP contribution in [0, 0.1) is 20.2 Å². The Morgan fingerprint density at radius 3 is 1.94 bits per heavy atom. The van der Waals surface area contributed by atoms with Crippen LogP contribution in [0.1, 0.15) is 47.0 Å². The quantitative estimate of drug-likeness (QED) is 0.176. The molecule has 0 aromatic rings. The number of carbonyl (C=O) groups is 4. The van der Waals surface area contributed by atoms with Gasteiger partial charge < -0.3 is 23.7 Å². The lowest BCUT2D eigenvalue weighted by Gasteiger charge is -2.46. The first kappa shape index (κ1) is 28.8. The fourth-order valence-electron chi connectivity index (χ4n) is 4.33. The third kappa shape index (κ3) is 7.81. The van der Waals surface area contributed by atoms with Crippen molar-refractivity contribution in [3.8, 4) is 0 Å². The summed E-state index contributed by atoms with van der Waals surface area (Å²) in [5, 5.41) is 25.8. The second kappa shape index (κ2) is 12.5. The van der Waals surface area contributed by atoms with E-state index in [0.29, 0.717) is 0 Å². The molecule has 1 aliphatic heterocycles. The third-order valence-electron chi connectivity index (χ3n) is 5.75. The standard InChI is InChI=1S/C20H29N3O13/c1-9(24)32-8-16-18(33-10(2)25)19(34-11(3)26)17(20(36-16)35-12(4)27)21-14-6-5-13(22(28)29)7-15(14)23(30)31/h13-21H,5-8H2,1-4H3/t13-,14+,15-,16+,17-,18+,19+,20+/m0/s1. The summed E-state index contributed by atoms with van der Waals surface area (Å²) in [5.74, 6) is -3.12. The fourth-order valence-corrected chi connectivity index (χ4v) is 4.33. The van der Waals surface area contributed by atoms with E-state index in [9.17, 15) is 39.4 Å². The lowest BCUT2D eigenvalue weighted by molar-refractivity contribution is -0.570. The Balaban J connectivity index is 2.45. The fraction of sp³-hybridized carbons (Fsp3) is 0.800. The maximum absolute atomic E-state index is 12.0. The maximum atomic E-state index is 12.0. The highest BCUT2D eigenvalue weighted by atomic mass is 16.7. The monoisotopic (exact) mass is 519 g/mol. The van der Waals surface area contributed by atoms with E-state index in [0.717, 1.165) is 27.7 Å². The molecular weight excluding hydrogens is 490 g/mol. The number of nitrogens with zero attached hydrogens (tertiary/aromatic N) is 2. The van der Waals surface area contributed by atoms with Gasteiger partial charge in [-0.3, -0.25) is 44.7 Å². The smallest absolute Gasteiger partial charge is 0.304 e. The van der Waals surface area contributed by atoms with Gasteiger partial charge in [-0.2, -0.15) is 0 Å². The summed E-state index contributed by atoms with van der Waals surface area (Å²) in [6.45, 7) is 3.89. The van der Waals surface area contributed by atoms with Crippen molar-refractivity contribution in [1.82, 2.24) is 5.32 Å². The normalized spacial score (nSPS) is 32.0. The van der Waals surface area contributed by atoms with Crippen LogP contribution in [0.15, 0.2) is 0 Å². The van der Waals surface area contributed by atoms with Crippen LogP contribution >= 0.6 is 0 Å². The van der Waals surface area contributed by atoms with E-state index in [1.165, 1.54) is 0 Å². The van der Waals surface area contributed by atoms with Gasteiger partial charge in [0.15, 0.2) is 12.2 Å². The zero-order valence-corrected chi connectivity index (χ0v) is 20.1. The van der Waals surface area contributed by atoms with Crippen LogP contribution in [0.4, 0.5) is 0 Å². The summed E-state index contributed by atoms with van der Waals surface area (Å²) >= 11 is 0. The molecule has 0 spiro atoms. The summed E-state index contributed by atoms with van der Waals surface area (Å²) < 4.78 is 26.6. The largest absolute Gasteiger partial charge is 0.463 e. The van der Waals surface area contributed by atoms with Gasteiger partial charge in [0, 0.05) is 44.0 Å². The highest BCUT2D eigenvalue weighted by molar-refractivity contribution is 5.68. The van der Waals surface area contributed by atoms with Gasteiger partial charge in [-0.05, 0) is 6.42 Å². The maximum Gasteiger partial charge on any atom is 0.304 e. The molecule has 1 aliphatic carbocycles. The van der Waals surface area contributed by atoms with Gasteiger partial charge in [-0.25, -0.2) is 0 Å². The van der Waals surface area contributed by atoms with Gasteiger partial charge in [0.25, 0.3) is 0 Å². The predicted molar refractivity (Wildman–Crippen MR) is 114 cm³/mol. The lowest BCUT2D eigenvalue weighted by atomic mass is 9.85. The summed E-state index contributed by atoms with van der Waals surface area (Å²) in [7, 11) is 0. The second-order valence-electron chi connectivity index (χ2n) is 8.51. The molecule has 1 N–H and O–H groups in total. The van der Waals surface area contributed by atoms with E-state index in [-0.39, 0.29) is 19.3 Å². The molecule has 16 heteroatoms. The molecule has 0 bridgehead atoms. The SMILES string of the molecule is CC(=O)OC[C@H]1O[C@@H](OC(C)=O)[C@@H](N[C@@H]2CC[C@H]([N+](=O)[O-])C[C@@H]2[N+](=O)[O-])[C@@H](OC(C)=O)[C@@H]1OC(C)=O. The van der Waals surface area contributed by atoms with Gasteiger partial charge >= 0.3 is 23.9 Å². The van der Waals surface area contributed by atoms with Gasteiger partial charge in [0.2, 0.25) is 18.4 Å². The Kier molecular flexibility index (Phi) is 10.0. The van der Waals surface area contributed by atoms with Gasteiger partial charge in [-0.15, -0.1) is 0 Å². The van der Waals surface area contributed by atoms with Crippen LogP contribution in [0.25, 0.3) is 0 Å². The van der Waals surface area contributed by atoms with Gasteiger partial charge in [0.05, 0.1) is 12.5 Å². The molecule has 2 fully saturated rings. The second-order valence-corrected chi connectivity index (χ2v) is 8.51. The topological polar surface area (TPSA) is 213 Å². The number of carbonyl (C=O) groups excluding carboxylic acids is 4. The Hall–Kier alpha value is -3.40. The number of hydrogen-bond acceptors (Lipinski definition) is 14. The minimum Gasteiger partial charge on any atom is -0.463 e. The van der Waals surface area contributed by atoms with Crippen molar-refractivity contribution in [2.24, 2.45) is 0 Å². The van der Waals surface area contributed by atoms with Crippen molar-refractivity contribution in [3.63, 3.8) is 0 Å². The molecule has 1 saturated heterocycles. The van der Waals surface area contributed by atoms with Gasteiger partial charge in [0.1, 0.15) is 18.8 Å². The van der Waals surface area contributed by atoms with E-state index in [1.807, 2.05) is 0 Å². The average molecular weight is 519 g/mol. The van der Waals surface area contributed by atoms with Gasteiger partial charge in [-0.1, -0.05) is 0 Å². The number of rotatable bonds is 9. The van der Waals surface area contributed by atoms with Crippen molar-refractivity contribution < 1.29 is 52.7 Å². The van der Waals surface area contributed by atoms with E-state index in [1.54, 1.807) is 0 Å². The summed E-state index contributed by atoms with van der Waals surface area (Å²) in [5.41, 5.74) is 0. The number of hydrogen-bond donors (Lipinski definition) is 1. The molecule has 0 unspecified atom stereocenters. The number of nitro groups is 2. The molecule has 202 valence electrons. The Morgan fingerprint density at radius 2 is 1.44 bits per heavy atom. The molecule has 2 rings (SSSR count). The zero-order valence-electron chi connectivity index (χ0n) is 20.1. The summed E-state index contributed by atoms with van der Waals surface area (Å²) in [6, 6.07) is -4.76. The third-order valence-corrected chi connectivity index (χ3v) is 5.75. The van der Waals surface area contributed by atoms with E-state index in [4.69, 9.17) is 23.7 Å². The Morgan fingerprint density at radius 1 is 0.861 bits per heavy atom. The molecule has 0 amide bonds. The van der Waals surface area contributed by atoms with E-state index in [2.05, 4.69) is 5.32 Å². The van der Waals surface area contributed by atoms with Crippen molar-refractivity contribution >= 4 is 23.9 Å². The molecule has 0 aromatic carbocycles. The highest BCUT2D eigenvalue weighted by Crippen LogP contribution is 2.31. The lowest BCUT2D eigenvalue weighted by Crippen LogP contribution is -2.69. The summed E-state index contributed by atoms with van der Waals surface area (Å²) in [6.07, 6.45) is -5.83. The predicted octanol–water partition coefficient (Wildman–Crippen LogP) is -0.498. The van der Waals surface area contributed by atoms with Crippen LogP contribution in [0.2, 0.25) is 0 Å². The minimum atomic E-state index is -1.51. The summed E-state index contributed by atoms with van der Waals surface area (Å²) in [4.78, 5) is 68.7. The van der Waals surface area contributed by atoms with Crippen molar-refractivity contribution in [1.29, 1.82) is 0 Å². The zero-order chi connectivity index (χ0) is 27.2. The van der Waals surface area contributed by atoms with Crippen molar-refractivity contribution in [2.75, 3.05) is 6.61 Å². The molecule has 2 aliphatic rings. The van der Waals surface area contributed by atoms with E-state index >= 15 is 0 Å². The first-order chi connectivity index (χ1) is 16.8. The van der Waals surface area contributed by atoms with Crippen LogP contribution in [0.5, 0.6) is 0 Å². The minimum absolute atomic E-state index is 0.00246. The van der Waals surface area contributed by atoms with Crippen molar-refractivity contribution in [2.45, 2.75) is 95.7 Å². The molecule has 8 atom stereocenters. The Bertz CT molecular complexity index is 881. The molecule has 36 heavy (non-hydrogen) atoms. The molecule has 0 aromatic heterocycles. The van der Waals surface area contributed by atoms with Crippen LogP contribution < -0.4 is 5.32 Å². The molecule has 1 saturated carbocycles. The average Bonchev–Trinajstić information content (AvgIpc) is 2.75. The molecule has 0 radical (unpaired) electrons. The molecular formula is C20H29N3O13. The van der Waals surface area contributed by atoms with Crippen LogP contribution in [0.3, 0.4) is 0 Å². The molecule has 1 heterocycles. The number of esters is 4. The van der Waals surface area contributed by atoms with Crippen molar-refractivity contribution in [3.05, 3.63) is 20.2 Å². The first-order valence-electron chi connectivity index (χ1n) is 11.1. The van der Waals surface area contributed by atoms with E-state index < -0.39 is 89.1 Å². The highest BCUT2D eigenvalue weighted by Gasteiger charge is 2.54. The van der Waals surface area contributed by atoms with Crippen LogP contribution in [-0.4, -0.2) is 89.1 Å². The van der Waals surface area contributed by atoms with Crippen LogP contribution in [-0.2, 0) is 42.9 Å². The Labute approximate surface area is 205 Å².